The largest absolute Gasteiger partial charge is 0.322 e. The van der Waals surface area contributed by atoms with Crippen molar-refractivity contribution in [2.75, 3.05) is 5.32 Å². The molecule has 0 unspecified atom stereocenters. The van der Waals surface area contributed by atoms with Crippen LogP contribution in [0.5, 0.6) is 0 Å². The first-order valence-electron chi connectivity index (χ1n) is 6.84. The number of aromatic nitrogens is 1. The molecular formula is C17H12BrFN2O2. The van der Waals surface area contributed by atoms with E-state index in [1.807, 2.05) is 13.0 Å². The van der Waals surface area contributed by atoms with E-state index in [2.05, 4.69) is 26.2 Å². The molecule has 0 saturated heterocycles. The SMILES string of the molecule is Cc1ccc(NC(=O)c2cc3ccc(F)cc3[nH]c2=O)cc1Br. The number of nitrogens with one attached hydrogen (secondary N) is 2. The van der Waals surface area contributed by atoms with E-state index in [0.717, 1.165) is 10.0 Å². The van der Waals surface area contributed by atoms with Gasteiger partial charge in [-0.1, -0.05) is 22.0 Å². The lowest BCUT2D eigenvalue weighted by Gasteiger charge is -2.07. The Hall–Kier alpha value is -2.47. The van der Waals surface area contributed by atoms with Gasteiger partial charge in [-0.3, -0.25) is 9.59 Å². The molecule has 2 N–H and O–H groups in total. The Labute approximate surface area is 139 Å². The van der Waals surface area contributed by atoms with E-state index in [1.165, 1.54) is 24.3 Å². The van der Waals surface area contributed by atoms with Crippen LogP contribution in [-0.4, -0.2) is 10.9 Å². The van der Waals surface area contributed by atoms with Crippen molar-refractivity contribution in [2.45, 2.75) is 6.92 Å². The number of aryl methyl sites for hydroxylation is 1. The van der Waals surface area contributed by atoms with Crippen molar-refractivity contribution in [1.82, 2.24) is 4.98 Å². The highest BCUT2D eigenvalue weighted by atomic mass is 79.9. The summed E-state index contributed by atoms with van der Waals surface area (Å²) in [6.07, 6.45) is 0. The lowest BCUT2D eigenvalue weighted by molar-refractivity contribution is 0.102. The molecule has 3 aromatic rings. The summed E-state index contributed by atoms with van der Waals surface area (Å²) in [7, 11) is 0. The van der Waals surface area contributed by atoms with E-state index in [1.54, 1.807) is 12.1 Å². The molecule has 0 spiro atoms. The Bertz CT molecular complexity index is 982. The molecule has 1 heterocycles. The first kappa shape index (κ1) is 15.4. The summed E-state index contributed by atoms with van der Waals surface area (Å²) in [4.78, 5) is 26.9. The first-order chi connectivity index (χ1) is 10.9. The molecule has 116 valence electrons. The monoisotopic (exact) mass is 374 g/mol. The first-order valence-corrected chi connectivity index (χ1v) is 7.63. The number of hydrogen-bond donors (Lipinski definition) is 2. The van der Waals surface area contributed by atoms with Gasteiger partial charge in [-0.2, -0.15) is 0 Å². The highest BCUT2D eigenvalue weighted by Crippen LogP contribution is 2.21. The fourth-order valence-corrected chi connectivity index (χ4v) is 2.59. The van der Waals surface area contributed by atoms with E-state index < -0.39 is 17.3 Å². The van der Waals surface area contributed by atoms with Gasteiger partial charge in [0.2, 0.25) is 0 Å². The number of carbonyl (C=O) groups excluding carboxylic acids is 1. The Kier molecular flexibility index (Phi) is 4.00. The Morgan fingerprint density at radius 1 is 1.17 bits per heavy atom. The van der Waals surface area contributed by atoms with Gasteiger partial charge in [0.25, 0.3) is 11.5 Å². The van der Waals surface area contributed by atoms with Crippen LogP contribution in [0.1, 0.15) is 15.9 Å². The number of rotatable bonds is 2. The predicted octanol–water partition coefficient (Wildman–Crippen LogP) is 3.99. The van der Waals surface area contributed by atoms with E-state index in [-0.39, 0.29) is 5.56 Å². The van der Waals surface area contributed by atoms with Crippen molar-refractivity contribution in [2.24, 2.45) is 0 Å². The zero-order valence-electron chi connectivity index (χ0n) is 12.1. The van der Waals surface area contributed by atoms with Crippen LogP contribution in [0.3, 0.4) is 0 Å². The molecule has 3 rings (SSSR count). The van der Waals surface area contributed by atoms with Gasteiger partial charge < -0.3 is 10.3 Å². The number of H-pyrrole nitrogens is 1. The molecule has 0 saturated carbocycles. The number of halogens is 2. The van der Waals surface area contributed by atoms with Crippen molar-refractivity contribution in [3.8, 4) is 0 Å². The number of anilines is 1. The van der Waals surface area contributed by atoms with Crippen molar-refractivity contribution in [3.63, 3.8) is 0 Å². The van der Waals surface area contributed by atoms with Gasteiger partial charge in [0.15, 0.2) is 0 Å². The standard InChI is InChI=1S/C17H12BrFN2O2/c1-9-2-5-12(8-14(9)18)20-16(22)13-6-10-3-4-11(19)7-15(10)21-17(13)23/h2-8H,1H3,(H,20,22)(H,21,23). The number of hydrogen-bond acceptors (Lipinski definition) is 2. The van der Waals surface area contributed by atoms with Gasteiger partial charge in [-0.25, -0.2) is 4.39 Å². The van der Waals surface area contributed by atoms with Crippen LogP contribution in [0.2, 0.25) is 0 Å². The summed E-state index contributed by atoms with van der Waals surface area (Å²) in [6, 6.07) is 10.8. The number of benzene rings is 2. The topological polar surface area (TPSA) is 62.0 Å². The molecule has 0 aliphatic carbocycles. The van der Waals surface area contributed by atoms with Gasteiger partial charge in [0.1, 0.15) is 11.4 Å². The van der Waals surface area contributed by atoms with E-state index in [9.17, 15) is 14.0 Å². The zero-order valence-corrected chi connectivity index (χ0v) is 13.7. The molecule has 0 aliphatic rings. The minimum atomic E-state index is -0.563. The van der Waals surface area contributed by atoms with Crippen molar-refractivity contribution >= 4 is 38.4 Å². The fourth-order valence-electron chi connectivity index (χ4n) is 2.21. The van der Waals surface area contributed by atoms with Crippen LogP contribution in [0, 0.1) is 12.7 Å². The van der Waals surface area contributed by atoms with Gasteiger partial charge >= 0.3 is 0 Å². The minimum Gasteiger partial charge on any atom is -0.322 e. The van der Waals surface area contributed by atoms with Gasteiger partial charge in [0, 0.05) is 10.2 Å². The number of aromatic amines is 1. The Morgan fingerprint density at radius 3 is 2.70 bits per heavy atom. The molecule has 1 aromatic heterocycles. The zero-order chi connectivity index (χ0) is 16.6. The fraction of sp³-hybridized carbons (Fsp3) is 0.0588. The lowest BCUT2D eigenvalue weighted by atomic mass is 10.1. The molecule has 0 atom stereocenters. The minimum absolute atomic E-state index is 0.0270. The maximum Gasteiger partial charge on any atom is 0.261 e. The summed E-state index contributed by atoms with van der Waals surface area (Å²) < 4.78 is 14.0. The lowest BCUT2D eigenvalue weighted by Crippen LogP contribution is -2.23. The molecular weight excluding hydrogens is 363 g/mol. The van der Waals surface area contributed by atoms with Crippen molar-refractivity contribution < 1.29 is 9.18 Å². The molecule has 23 heavy (non-hydrogen) atoms. The van der Waals surface area contributed by atoms with Gasteiger partial charge in [-0.15, -0.1) is 0 Å². The van der Waals surface area contributed by atoms with E-state index >= 15 is 0 Å². The third-order valence-corrected chi connectivity index (χ3v) is 4.34. The summed E-state index contributed by atoms with van der Waals surface area (Å²) in [5.41, 5.74) is 1.37. The highest BCUT2D eigenvalue weighted by Gasteiger charge is 2.13. The predicted molar refractivity (Wildman–Crippen MR) is 91.4 cm³/mol. The van der Waals surface area contributed by atoms with Crippen molar-refractivity contribution in [1.29, 1.82) is 0 Å². The Balaban J connectivity index is 1.97. The van der Waals surface area contributed by atoms with Crippen LogP contribution in [0.15, 0.2) is 51.7 Å². The molecule has 0 fully saturated rings. The highest BCUT2D eigenvalue weighted by molar-refractivity contribution is 9.10. The number of fused-ring (bicyclic) bond motifs is 1. The molecule has 0 radical (unpaired) electrons. The summed E-state index contributed by atoms with van der Waals surface area (Å²) in [5.74, 6) is -0.969. The van der Waals surface area contributed by atoms with Crippen LogP contribution in [0.25, 0.3) is 10.9 Å². The molecule has 0 bridgehead atoms. The second-order valence-corrected chi connectivity index (χ2v) is 6.02. The van der Waals surface area contributed by atoms with E-state index in [4.69, 9.17) is 0 Å². The molecule has 6 heteroatoms. The average Bonchev–Trinajstić information content (AvgIpc) is 2.50. The normalized spacial score (nSPS) is 10.7. The van der Waals surface area contributed by atoms with Crippen molar-refractivity contribution in [3.05, 3.63) is 74.2 Å². The Morgan fingerprint density at radius 2 is 1.96 bits per heavy atom. The quantitative estimate of drug-likeness (QED) is 0.712. The van der Waals surface area contributed by atoms with Crippen LogP contribution < -0.4 is 10.9 Å². The average molecular weight is 375 g/mol. The molecule has 0 aliphatic heterocycles. The molecule has 1 amide bonds. The number of carbonyl (C=O) groups is 1. The molecule has 4 nitrogen and oxygen atoms in total. The van der Waals surface area contributed by atoms with Gasteiger partial charge in [-0.05, 0) is 54.3 Å². The van der Waals surface area contributed by atoms with Crippen LogP contribution in [0.4, 0.5) is 10.1 Å². The maximum absolute atomic E-state index is 13.2. The second kappa shape index (κ2) is 5.96. The summed E-state index contributed by atoms with van der Waals surface area (Å²) >= 11 is 3.39. The maximum atomic E-state index is 13.2. The smallest absolute Gasteiger partial charge is 0.261 e. The molecule has 2 aromatic carbocycles. The number of pyridine rings is 1. The third-order valence-electron chi connectivity index (χ3n) is 3.48. The second-order valence-electron chi connectivity index (χ2n) is 5.16. The van der Waals surface area contributed by atoms with E-state index in [0.29, 0.717) is 16.6 Å². The van der Waals surface area contributed by atoms with Gasteiger partial charge in [0.05, 0.1) is 5.52 Å². The van der Waals surface area contributed by atoms with Crippen LogP contribution in [-0.2, 0) is 0 Å². The van der Waals surface area contributed by atoms with Crippen LogP contribution >= 0.6 is 15.9 Å². The third kappa shape index (κ3) is 3.17. The summed E-state index contributed by atoms with van der Waals surface area (Å²) in [6.45, 7) is 1.93. The summed E-state index contributed by atoms with van der Waals surface area (Å²) in [5, 5.41) is 3.26. The number of amides is 1.